The highest BCUT2D eigenvalue weighted by molar-refractivity contribution is 9.10. The second kappa shape index (κ2) is 10.2. The first-order valence-electron chi connectivity index (χ1n) is 9.45. The predicted molar refractivity (Wildman–Crippen MR) is 122 cm³/mol. The van der Waals surface area contributed by atoms with Crippen molar-refractivity contribution >= 4 is 39.3 Å². The maximum Gasteiger partial charge on any atom is 0.234 e. The third-order valence-electron chi connectivity index (χ3n) is 4.52. The number of thioether (sulfide) groups is 1. The summed E-state index contributed by atoms with van der Waals surface area (Å²) in [5, 5.41) is 12.0. The summed E-state index contributed by atoms with van der Waals surface area (Å²) in [7, 11) is 4.01. The summed E-state index contributed by atoms with van der Waals surface area (Å²) in [6.07, 6.45) is 0.867. The number of nitrogens with zero attached hydrogens (tertiary/aromatic N) is 4. The number of hydrogen-bond donors (Lipinski definition) is 1. The molecule has 3 aromatic rings. The zero-order valence-electron chi connectivity index (χ0n) is 17.0. The van der Waals surface area contributed by atoms with Crippen LogP contribution in [0.1, 0.15) is 25.2 Å². The SMILES string of the molecule is CCC(c1nnc(SCC(=O)Nc2ccc(Br)cc2F)n1-c1ccccc1)N(C)C. The molecule has 0 saturated carbocycles. The minimum Gasteiger partial charge on any atom is -0.323 e. The van der Waals surface area contributed by atoms with E-state index in [1.807, 2.05) is 49.0 Å². The van der Waals surface area contributed by atoms with Gasteiger partial charge in [0.15, 0.2) is 11.0 Å². The zero-order valence-corrected chi connectivity index (χ0v) is 19.4. The molecule has 1 atom stereocenters. The smallest absolute Gasteiger partial charge is 0.234 e. The normalized spacial score (nSPS) is 12.2. The Hall–Kier alpha value is -2.23. The van der Waals surface area contributed by atoms with E-state index in [1.165, 1.54) is 23.9 Å². The number of hydrogen-bond acceptors (Lipinski definition) is 5. The van der Waals surface area contributed by atoms with E-state index in [2.05, 4.69) is 43.3 Å². The quantitative estimate of drug-likeness (QED) is 0.453. The van der Waals surface area contributed by atoms with Gasteiger partial charge in [-0.3, -0.25) is 14.3 Å². The Morgan fingerprint density at radius 2 is 1.97 bits per heavy atom. The lowest BCUT2D eigenvalue weighted by atomic mass is 10.2. The van der Waals surface area contributed by atoms with E-state index in [-0.39, 0.29) is 23.4 Å². The average Bonchev–Trinajstić information content (AvgIpc) is 3.13. The standard InChI is InChI=1S/C21H23BrFN5OS/c1-4-18(27(2)3)20-25-26-21(28(20)15-8-6-5-7-9-15)30-13-19(29)24-17-11-10-14(22)12-16(17)23/h5-12,18H,4,13H2,1-3H3,(H,24,29). The fraction of sp³-hybridized carbons (Fsp3) is 0.286. The van der Waals surface area contributed by atoms with Crippen LogP contribution in [0.3, 0.4) is 0 Å². The number of halogens is 2. The Labute approximate surface area is 188 Å². The Kier molecular flexibility index (Phi) is 7.63. The molecule has 2 aromatic carbocycles. The first-order chi connectivity index (χ1) is 14.4. The van der Waals surface area contributed by atoms with Gasteiger partial charge in [0, 0.05) is 10.2 Å². The van der Waals surface area contributed by atoms with Crippen molar-refractivity contribution < 1.29 is 9.18 Å². The maximum absolute atomic E-state index is 14.0. The number of carbonyl (C=O) groups excluding carboxylic acids is 1. The summed E-state index contributed by atoms with van der Waals surface area (Å²) in [5.41, 5.74) is 1.08. The van der Waals surface area contributed by atoms with Crippen molar-refractivity contribution in [2.24, 2.45) is 0 Å². The van der Waals surface area contributed by atoms with Crippen molar-refractivity contribution in [3.63, 3.8) is 0 Å². The molecule has 1 aromatic heterocycles. The van der Waals surface area contributed by atoms with Crippen LogP contribution in [-0.2, 0) is 4.79 Å². The van der Waals surface area contributed by atoms with Crippen molar-refractivity contribution in [2.45, 2.75) is 24.5 Å². The van der Waals surface area contributed by atoms with E-state index in [0.717, 1.165) is 17.9 Å². The molecule has 0 fully saturated rings. The van der Waals surface area contributed by atoms with Crippen LogP contribution in [0.5, 0.6) is 0 Å². The van der Waals surface area contributed by atoms with Gasteiger partial charge in [-0.05, 0) is 50.8 Å². The Morgan fingerprint density at radius 1 is 1.23 bits per heavy atom. The van der Waals surface area contributed by atoms with Crippen LogP contribution in [0.15, 0.2) is 58.2 Å². The number of carbonyl (C=O) groups is 1. The fourth-order valence-corrected chi connectivity index (χ4v) is 4.19. The second-order valence-corrected chi connectivity index (χ2v) is 8.72. The molecule has 158 valence electrons. The van der Waals surface area contributed by atoms with Crippen LogP contribution < -0.4 is 5.32 Å². The van der Waals surface area contributed by atoms with Gasteiger partial charge in [0.1, 0.15) is 5.82 Å². The number of amides is 1. The molecular weight excluding hydrogens is 469 g/mol. The minimum absolute atomic E-state index is 0.0812. The highest BCUT2D eigenvalue weighted by Gasteiger charge is 2.23. The van der Waals surface area contributed by atoms with E-state index in [1.54, 1.807) is 6.07 Å². The van der Waals surface area contributed by atoms with Gasteiger partial charge in [0.25, 0.3) is 0 Å². The molecule has 1 unspecified atom stereocenters. The zero-order chi connectivity index (χ0) is 21.7. The summed E-state index contributed by atoms with van der Waals surface area (Å²) in [5.74, 6) is 0.0917. The maximum atomic E-state index is 14.0. The molecule has 6 nitrogen and oxygen atoms in total. The predicted octanol–water partition coefficient (Wildman–Crippen LogP) is 4.91. The van der Waals surface area contributed by atoms with Crippen LogP contribution >= 0.6 is 27.7 Å². The lowest BCUT2D eigenvalue weighted by Crippen LogP contribution is -2.23. The van der Waals surface area contributed by atoms with Gasteiger partial charge in [-0.1, -0.05) is 52.8 Å². The highest BCUT2D eigenvalue weighted by Crippen LogP contribution is 2.28. The lowest BCUT2D eigenvalue weighted by molar-refractivity contribution is -0.113. The largest absolute Gasteiger partial charge is 0.323 e. The highest BCUT2D eigenvalue weighted by atomic mass is 79.9. The Bertz CT molecular complexity index is 1010. The third-order valence-corrected chi connectivity index (χ3v) is 5.94. The molecular formula is C21H23BrFN5OS. The average molecular weight is 492 g/mol. The number of aromatic nitrogens is 3. The van der Waals surface area contributed by atoms with E-state index in [0.29, 0.717) is 9.63 Å². The number of nitrogens with one attached hydrogen (secondary N) is 1. The van der Waals surface area contributed by atoms with Crippen LogP contribution in [0.2, 0.25) is 0 Å². The van der Waals surface area contributed by atoms with Gasteiger partial charge in [-0.25, -0.2) is 4.39 Å². The van der Waals surface area contributed by atoms with Crippen molar-refractivity contribution in [1.82, 2.24) is 19.7 Å². The molecule has 0 spiro atoms. The Morgan fingerprint density at radius 3 is 2.60 bits per heavy atom. The van der Waals surface area contributed by atoms with Crippen LogP contribution in [0.25, 0.3) is 5.69 Å². The summed E-state index contributed by atoms with van der Waals surface area (Å²) in [6.45, 7) is 2.10. The first kappa shape index (κ1) is 22.5. The summed E-state index contributed by atoms with van der Waals surface area (Å²) in [6, 6.07) is 14.4. The van der Waals surface area contributed by atoms with Gasteiger partial charge in [0.05, 0.1) is 17.5 Å². The van der Waals surface area contributed by atoms with E-state index < -0.39 is 5.82 Å². The van der Waals surface area contributed by atoms with Gasteiger partial charge in [-0.2, -0.15) is 0 Å². The molecule has 0 radical (unpaired) electrons. The molecule has 0 bridgehead atoms. The van der Waals surface area contributed by atoms with Gasteiger partial charge < -0.3 is 5.32 Å². The van der Waals surface area contributed by atoms with Crippen LogP contribution in [-0.4, -0.2) is 45.4 Å². The molecule has 0 aliphatic carbocycles. The van der Waals surface area contributed by atoms with E-state index in [4.69, 9.17) is 0 Å². The number of para-hydroxylation sites is 1. The molecule has 3 rings (SSSR count). The van der Waals surface area contributed by atoms with Crippen molar-refractivity contribution in [2.75, 3.05) is 25.2 Å². The number of benzene rings is 2. The summed E-state index contributed by atoms with van der Waals surface area (Å²) >= 11 is 4.47. The van der Waals surface area contributed by atoms with Gasteiger partial charge >= 0.3 is 0 Å². The Balaban J connectivity index is 1.82. The van der Waals surface area contributed by atoms with E-state index >= 15 is 0 Å². The van der Waals surface area contributed by atoms with Crippen LogP contribution in [0.4, 0.5) is 10.1 Å². The first-order valence-corrected chi connectivity index (χ1v) is 11.2. The number of anilines is 1. The molecule has 1 heterocycles. The van der Waals surface area contributed by atoms with Crippen molar-refractivity contribution in [3.8, 4) is 5.69 Å². The molecule has 0 aliphatic rings. The van der Waals surface area contributed by atoms with Gasteiger partial charge in [0.2, 0.25) is 5.91 Å². The van der Waals surface area contributed by atoms with Crippen molar-refractivity contribution in [1.29, 1.82) is 0 Å². The van der Waals surface area contributed by atoms with Crippen molar-refractivity contribution in [3.05, 3.63) is 64.6 Å². The minimum atomic E-state index is -0.491. The molecule has 0 saturated heterocycles. The molecule has 0 aliphatic heterocycles. The molecule has 30 heavy (non-hydrogen) atoms. The van der Waals surface area contributed by atoms with Gasteiger partial charge in [-0.15, -0.1) is 10.2 Å². The topological polar surface area (TPSA) is 63.1 Å². The number of rotatable bonds is 8. The second-order valence-electron chi connectivity index (χ2n) is 6.86. The van der Waals surface area contributed by atoms with E-state index in [9.17, 15) is 9.18 Å². The lowest BCUT2D eigenvalue weighted by Gasteiger charge is -2.23. The van der Waals surface area contributed by atoms with Crippen LogP contribution in [0, 0.1) is 5.82 Å². The summed E-state index contributed by atoms with van der Waals surface area (Å²) < 4.78 is 16.6. The molecule has 1 N–H and O–H groups in total. The molecule has 9 heteroatoms. The summed E-state index contributed by atoms with van der Waals surface area (Å²) in [4.78, 5) is 14.5. The molecule has 1 amide bonds. The fourth-order valence-electron chi connectivity index (χ4n) is 3.10. The third kappa shape index (κ3) is 5.27. The monoisotopic (exact) mass is 491 g/mol.